The van der Waals surface area contributed by atoms with E-state index in [9.17, 15) is 10.1 Å². The third-order valence-electron chi connectivity index (χ3n) is 3.19. The van der Waals surface area contributed by atoms with Gasteiger partial charge in [0, 0.05) is 33.2 Å². The first kappa shape index (κ1) is 16.1. The first-order chi connectivity index (χ1) is 9.97. The van der Waals surface area contributed by atoms with E-state index in [-0.39, 0.29) is 16.7 Å². The quantitative estimate of drug-likeness (QED) is 0.556. The fourth-order valence-electron chi connectivity index (χ4n) is 2.03. The van der Waals surface area contributed by atoms with Gasteiger partial charge in [0.15, 0.2) is 0 Å². The number of nitro benzene ring substituents is 1. The Hall–Kier alpha value is -1.24. The lowest BCUT2D eigenvalue weighted by Crippen LogP contribution is -2.18. The minimum absolute atomic E-state index is 0.0982. The molecule has 0 unspecified atom stereocenters. The van der Waals surface area contributed by atoms with Crippen LogP contribution in [0.2, 0.25) is 0 Å². The summed E-state index contributed by atoms with van der Waals surface area (Å²) in [6, 6.07) is 13.1. The highest BCUT2D eigenvalue weighted by atomic mass is 79.9. The number of hydrogen-bond acceptors (Lipinski definition) is 3. The smallest absolute Gasteiger partial charge is 0.273 e. The van der Waals surface area contributed by atoms with Crippen LogP contribution in [0.3, 0.4) is 0 Å². The summed E-state index contributed by atoms with van der Waals surface area (Å²) >= 11 is 6.79. The zero-order chi connectivity index (χ0) is 15.4. The van der Waals surface area contributed by atoms with Crippen molar-refractivity contribution < 1.29 is 4.92 Å². The predicted octanol–water partition coefficient (Wildman–Crippen LogP) is 4.97. The lowest BCUT2D eigenvalue weighted by Gasteiger charge is -2.15. The molecule has 0 aromatic heterocycles. The topological polar surface area (TPSA) is 55.2 Å². The van der Waals surface area contributed by atoms with E-state index in [1.807, 2.05) is 31.2 Å². The van der Waals surface area contributed by atoms with E-state index in [0.717, 1.165) is 14.5 Å². The highest BCUT2D eigenvalue weighted by Crippen LogP contribution is 2.24. The van der Waals surface area contributed by atoms with E-state index in [0.29, 0.717) is 12.1 Å². The zero-order valence-electron chi connectivity index (χ0n) is 11.3. The van der Waals surface area contributed by atoms with E-state index < -0.39 is 0 Å². The van der Waals surface area contributed by atoms with E-state index in [1.165, 1.54) is 6.07 Å². The second-order valence-corrected chi connectivity index (χ2v) is 6.52. The summed E-state index contributed by atoms with van der Waals surface area (Å²) in [7, 11) is 0. The van der Waals surface area contributed by atoms with Gasteiger partial charge < -0.3 is 5.32 Å². The summed E-state index contributed by atoms with van der Waals surface area (Å²) < 4.78 is 1.85. The molecule has 0 saturated carbocycles. The van der Waals surface area contributed by atoms with Gasteiger partial charge in [-0.3, -0.25) is 10.1 Å². The maximum Gasteiger partial charge on any atom is 0.273 e. The lowest BCUT2D eigenvalue weighted by atomic mass is 10.1. The summed E-state index contributed by atoms with van der Waals surface area (Å²) in [6.45, 7) is 2.47. The summed E-state index contributed by atoms with van der Waals surface area (Å²) in [4.78, 5) is 10.7. The van der Waals surface area contributed by atoms with E-state index >= 15 is 0 Å². The first-order valence-electron chi connectivity index (χ1n) is 6.39. The fraction of sp³-hybridized carbons (Fsp3) is 0.200. The number of hydrogen-bond donors (Lipinski definition) is 1. The van der Waals surface area contributed by atoms with E-state index in [4.69, 9.17) is 0 Å². The van der Waals surface area contributed by atoms with Crippen molar-refractivity contribution >= 4 is 37.5 Å². The molecule has 0 spiro atoms. The van der Waals surface area contributed by atoms with Crippen molar-refractivity contribution in [3.63, 3.8) is 0 Å². The Bertz CT molecular complexity index is 662. The van der Waals surface area contributed by atoms with E-state index in [1.54, 1.807) is 12.1 Å². The third-order valence-corrected chi connectivity index (χ3v) is 4.17. The van der Waals surface area contributed by atoms with Crippen molar-refractivity contribution in [3.05, 3.63) is 72.7 Å². The molecule has 110 valence electrons. The molecule has 0 aliphatic carbocycles. The minimum atomic E-state index is -0.354. The van der Waals surface area contributed by atoms with Crippen LogP contribution in [0.15, 0.2) is 51.4 Å². The molecule has 0 radical (unpaired) electrons. The van der Waals surface area contributed by atoms with Crippen LogP contribution in [-0.2, 0) is 6.54 Å². The third kappa shape index (κ3) is 4.36. The average molecular weight is 414 g/mol. The molecule has 4 nitrogen and oxygen atoms in total. The van der Waals surface area contributed by atoms with Crippen molar-refractivity contribution in [2.75, 3.05) is 0 Å². The van der Waals surface area contributed by atoms with Crippen LogP contribution in [0.5, 0.6) is 0 Å². The Kier molecular flexibility index (Phi) is 5.50. The summed E-state index contributed by atoms with van der Waals surface area (Å²) in [6.07, 6.45) is 0. The average Bonchev–Trinajstić information content (AvgIpc) is 2.44. The molecule has 0 heterocycles. The molecule has 1 atom stereocenters. The molecule has 0 aliphatic heterocycles. The molecular weight excluding hydrogens is 400 g/mol. The van der Waals surface area contributed by atoms with Gasteiger partial charge in [-0.1, -0.05) is 44.0 Å². The van der Waals surface area contributed by atoms with Gasteiger partial charge in [0.2, 0.25) is 0 Å². The van der Waals surface area contributed by atoms with Crippen LogP contribution in [0.1, 0.15) is 24.1 Å². The number of halogens is 2. The monoisotopic (exact) mass is 412 g/mol. The minimum Gasteiger partial charge on any atom is -0.306 e. The Labute approximate surface area is 140 Å². The molecular formula is C15H14Br2N2O2. The van der Waals surface area contributed by atoms with Crippen molar-refractivity contribution in [3.8, 4) is 0 Å². The summed E-state index contributed by atoms with van der Waals surface area (Å²) in [5.41, 5.74) is 1.92. The van der Waals surface area contributed by atoms with Gasteiger partial charge in [-0.2, -0.15) is 0 Å². The number of rotatable bonds is 5. The largest absolute Gasteiger partial charge is 0.306 e. The summed E-state index contributed by atoms with van der Waals surface area (Å²) in [5.74, 6) is 0. The number of nitrogens with one attached hydrogen (secondary N) is 1. The Balaban J connectivity index is 2.12. The Morgan fingerprint density at radius 1 is 1.19 bits per heavy atom. The Morgan fingerprint density at radius 3 is 2.57 bits per heavy atom. The lowest BCUT2D eigenvalue weighted by molar-refractivity contribution is -0.385. The van der Waals surface area contributed by atoms with Crippen LogP contribution >= 0.6 is 31.9 Å². The molecule has 0 fully saturated rings. The zero-order valence-corrected chi connectivity index (χ0v) is 14.5. The summed E-state index contributed by atoms with van der Waals surface area (Å²) in [5, 5.41) is 14.4. The number of benzene rings is 2. The van der Waals surface area contributed by atoms with Gasteiger partial charge in [0.1, 0.15) is 0 Å². The highest BCUT2D eigenvalue weighted by Gasteiger charge is 2.14. The number of nitrogens with zero attached hydrogens (tertiary/aromatic N) is 1. The van der Waals surface area contributed by atoms with Crippen LogP contribution in [0, 0.1) is 10.1 Å². The Morgan fingerprint density at radius 2 is 1.90 bits per heavy atom. The van der Waals surface area contributed by atoms with Gasteiger partial charge in [0.25, 0.3) is 5.69 Å². The molecule has 6 heteroatoms. The molecule has 0 saturated heterocycles. The molecule has 2 aromatic carbocycles. The van der Waals surface area contributed by atoms with Gasteiger partial charge in [-0.15, -0.1) is 0 Å². The van der Waals surface area contributed by atoms with E-state index in [2.05, 4.69) is 37.2 Å². The number of nitro groups is 1. The predicted molar refractivity (Wildman–Crippen MR) is 90.2 cm³/mol. The molecule has 21 heavy (non-hydrogen) atoms. The van der Waals surface area contributed by atoms with Gasteiger partial charge in [-0.25, -0.2) is 0 Å². The van der Waals surface area contributed by atoms with Crippen molar-refractivity contribution in [2.45, 2.75) is 19.5 Å². The fourth-order valence-corrected chi connectivity index (χ4v) is 2.86. The molecule has 0 aliphatic rings. The maximum absolute atomic E-state index is 11.0. The van der Waals surface area contributed by atoms with Crippen LogP contribution in [-0.4, -0.2) is 4.92 Å². The van der Waals surface area contributed by atoms with Crippen molar-refractivity contribution in [2.24, 2.45) is 0 Å². The highest BCUT2D eigenvalue weighted by molar-refractivity contribution is 9.10. The van der Waals surface area contributed by atoms with Gasteiger partial charge >= 0.3 is 0 Å². The van der Waals surface area contributed by atoms with Crippen LogP contribution in [0.4, 0.5) is 5.69 Å². The van der Waals surface area contributed by atoms with Crippen LogP contribution < -0.4 is 5.32 Å². The second-order valence-electron chi connectivity index (χ2n) is 4.69. The molecule has 0 bridgehead atoms. The molecule has 1 N–H and O–H groups in total. The first-order valence-corrected chi connectivity index (χ1v) is 7.97. The van der Waals surface area contributed by atoms with Crippen molar-refractivity contribution in [1.82, 2.24) is 5.32 Å². The van der Waals surface area contributed by atoms with Gasteiger partial charge in [-0.05, 0) is 36.8 Å². The van der Waals surface area contributed by atoms with Crippen molar-refractivity contribution in [1.29, 1.82) is 0 Å². The molecule has 2 rings (SSSR count). The second kappa shape index (κ2) is 7.15. The SMILES string of the molecule is C[C@H](NCc1cc(Br)ccc1[N+](=O)[O-])c1cccc(Br)c1. The standard InChI is InChI=1S/C15H14Br2N2O2/c1-10(11-3-2-4-13(16)7-11)18-9-12-8-14(17)5-6-15(12)19(20)21/h2-8,10,18H,9H2,1H3/t10-/m0/s1. The normalized spacial score (nSPS) is 12.1. The molecule has 2 aromatic rings. The van der Waals surface area contributed by atoms with Gasteiger partial charge in [0.05, 0.1) is 4.92 Å². The van der Waals surface area contributed by atoms with Crippen LogP contribution in [0.25, 0.3) is 0 Å². The molecule has 0 amide bonds. The maximum atomic E-state index is 11.0.